The van der Waals surface area contributed by atoms with Crippen LogP contribution in [0, 0.1) is 0 Å². The molecule has 5 heteroatoms. The van der Waals surface area contributed by atoms with Crippen LogP contribution in [-0.2, 0) is 9.53 Å². The molecule has 1 atom stereocenters. The van der Waals surface area contributed by atoms with Crippen LogP contribution in [0.15, 0.2) is 24.3 Å². The fourth-order valence-electron chi connectivity index (χ4n) is 2.33. The summed E-state index contributed by atoms with van der Waals surface area (Å²) in [6.45, 7) is 5.77. The zero-order valence-electron chi connectivity index (χ0n) is 11.9. The van der Waals surface area contributed by atoms with Crippen LogP contribution in [0.1, 0.15) is 38.7 Å². The van der Waals surface area contributed by atoms with E-state index in [2.05, 4.69) is 0 Å². The van der Waals surface area contributed by atoms with Crippen molar-refractivity contribution in [2.24, 2.45) is 0 Å². The van der Waals surface area contributed by atoms with Crippen molar-refractivity contribution in [1.29, 1.82) is 0 Å². The second-order valence-electron chi connectivity index (χ2n) is 5.87. The van der Waals surface area contributed by atoms with E-state index in [0.717, 1.165) is 0 Å². The minimum atomic E-state index is -0.860. The third kappa shape index (κ3) is 2.92. The maximum absolute atomic E-state index is 12.2. The molecule has 1 aliphatic rings. The van der Waals surface area contributed by atoms with Crippen molar-refractivity contribution < 1.29 is 19.4 Å². The van der Waals surface area contributed by atoms with Gasteiger partial charge in [-0.3, -0.25) is 9.69 Å². The van der Waals surface area contributed by atoms with Crippen molar-refractivity contribution in [3.8, 4) is 0 Å². The van der Waals surface area contributed by atoms with Gasteiger partial charge in [-0.15, -0.1) is 0 Å². The van der Waals surface area contributed by atoms with Crippen molar-refractivity contribution in [3.63, 3.8) is 0 Å². The van der Waals surface area contributed by atoms with E-state index < -0.39 is 23.6 Å². The molecule has 0 bridgehead atoms. The van der Waals surface area contributed by atoms with E-state index in [4.69, 9.17) is 4.74 Å². The zero-order chi connectivity index (χ0) is 14.9. The molecule has 5 nitrogen and oxygen atoms in total. The van der Waals surface area contributed by atoms with Crippen LogP contribution in [0.2, 0.25) is 0 Å². The number of rotatable bonds is 1. The Balaban J connectivity index is 2.32. The normalized spacial score (nSPS) is 18.4. The average molecular weight is 277 g/mol. The fraction of sp³-hybridized carbons (Fsp3) is 0.467. The van der Waals surface area contributed by atoms with Gasteiger partial charge in [0.2, 0.25) is 0 Å². The highest BCUT2D eigenvalue weighted by Crippen LogP contribution is 2.35. The van der Waals surface area contributed by atoms with E-state index in [1.807, 2.05) is 0 Å². The monoisotopic (exact) mass is 277 g/mol. The summed E-state index contributed by atoms with van der Waals surface area (Å²) in [6.07, 6.45) is -0.0419. The Morgan fingerprint density at radius 3 is 2.55 bits per heavy atom. The second-order valence-corrected chi connectivity index (χ2v) is 5.87. The molecule has 0 unspecified atom stereocenters. The molecule has 1 amide bonds. The molecule has 1 heterocycles. The van der Waals surface area contributed by atoms with Gasteiger partial charge >= 0.3 is 12.1 Å². The topological polar surface area (TPSA) is 66.8 Å². The first-order valence-corrected chi connectivity index (χ1v) is 6.62. The Hall–Kier alpha value is -2.04. The van der Waals surface area contributed by atoms with Gasteiger partial charge in [0.05, 0.1) is 11.6 Å². The predicted molar refractivity (Wildman–Crippen MR) is 75.0 cm³/mol. The number of ether oxygens (including phenoxy) is 1. The molecule has 0 saturated heterocycles. The van der Waals surface area contributed by atoms with E-state index in [9.17, 15) is 14.7 Å². The first-order valence-electron chi connectivity index (χ1n) is 6.62. The Morgan fingerprint density at radius 2 is 1.95 bits per heavy atom. The lowest BCUT2D eigenvalue weighted by atomic mass is 9.90. The van der Waals surface area contributed by atoms with Gasteiger partial charge < -0.3 is 9.84 Å². The molecule has 0 saturated carbocycles. The number of hydrogen-bond donors (Lipinski definition) is 1. The maximum Gasteiger partial charge on any atom is 0.414 e. The van der Waals surface area contributed by atoms with E-state index in [1.54, 1.807) is 45.0 Å². The van der Waals surface area contributed by atoms with Crippen LogP contribution in [0.25, 0.3) is 0 Å². The van der Waals surface area contributed by atoms with Crippen LogP contribution in [0.5, 0.6) is 0 Å². The summed E-state index contributed by atoms with van der Waals surface area (Å²) < 4.78 is 5.37. The molecule has 0 fully saturated rings. The third-order valence-electron chi connectivity index (χ3n) is 3.16. The number of anilines is 1. The lowest BCUT2D eigenvalue weighted by molar-refractivity contribution is -0.139. The van der Waals surface area contributed by atoms with E-state index >= 15 is 0 Å². The number of fused-ring (bicyclic) bond motifs is 1. The summed E-state index contributed by atoms with van der Waals surface area (Å²) in [6, 6.07) is 7.09. The molecule has 108 valence electrons. The number of aliphatic carboxylic acids is 1. The first kappa shape index (κ1) is 14.4. The highest BCUT2D eigenvalue weighted by molar-refractivity contribution is 5.92. The van der Waals surface area contributed by atoms with Gasteiger partial charge in [-0.25, -0.2) is 4.79 Å². The van der Waals surface area contributed by atoms with Gasteiger partial charge in [0, 0.05) is 6.54 Å². The van der Waals surface area contributed by atoms with Gasteiger partial charge in [0.15, 0.2) is 0 Å². The Labute approximate surface area is 118 Å². The van der Waals surface area contributed by atoms with E-state index in [-0.39, 0.29) is 0 Å². The van der Waals surface area contributed by atoms with Crippen LogP contribution in [0.4, 0.5) is 10.5 Å². The number of nitrogens with zero attached hydrogens (tertiary/aromatic N) is 1. The minimum absolute atomic E-state index is 0.350. The van der Waals surface area contributed by atoms with E-state index in [0.29, 0.717) is 24.2 Å². The Bertz CT molecular complexity index is 533. The summed E-state index contributed by atoms with van der Waals surface area (Å²) in [5.41, 5.74) is 0.716. The van der Waals surface area contributed by atoms with Crippen molar-refractivity contribution in [1.82, 2.24) is 0 Å². The molecule has 2 rings (SSSR count). The molecule has 0 spiro atoms. The molecule has 1 aromatic rings. The summed E-state index contributed by atoms with van der Waals surface area (Å²) in [5, 5.41) is 9.26. The van der Waals surface area contributed by atoms with Crippen LogP contribution in [-0.4, -0.2) is 29.3 Å². The first-order chi connectivity index (χ1) is 9.29. The minimum Gasteiger partial charge on any atom is -0.481 e. The summed E-state index contributed by atoms with van der Waals surface area (Å²) in [4.78, 5) is 25.0. The molecular formula is C15H19NO4. The summed E-state index contributed by atoms with van der Waals surface area (Å²) in [5.74, 6) is -1.42. The SMILES string of the molecule is CC(C)(C)OC(=O)N1CC[C@H](C(=O)O)c2ccccc21. The molecule has 20 heavy (non-hydrogen) atoms. The number of carboxylic acids is 1. The van der Waals surface area contributed by atoms with Crippen molar-refractivity contribution in [2.75, 3.05) is 11.4 Å². The van der Waals surface area contributed by atoms with Gasteiger partial charge in [0.25, 0.3) is 0 Å². The number of carbonyl (C=O) groups is 2. The second kappa shape index (κ2) is 5.15. The van der Waals surface area contributed by atoms with Crippen molar-refractivity contribution in [3.05, 3.63) is 29.8 Å². The zero-order valence-corrected chi connectivity index (χ0v) is 11.9. The van der Waals surface area contributed by atoms with Crippen LogP contribution >= 0.6 is 0 Å². The highest BCUT2D eigenvalue weighted by atomic mass is 16.6. The van der Waals surface area contributed by atoms with Crippen molar-refractivity contribution in [2.45, 2.75) is 38.7 Å². The maximum atomic E-state index is 12.2. The van der Waals surface area contributed by atoms with Crippen molar-refractivity contribution >= 4 is 17.7 Å². The van der Waals surface area contributed by atoms with Gasteiger partial charge in [-0.05, 0) is 38.8 Å². The molecule has 0 radical (unpaired) electrons. The molecule has 0 aliphatic carbocycles. The molecule has 0 aromatic heterocycles. The highest BCUT2D eigenvalue weighted by Gasteiger charge is 2.34. The van der Waals surface area contributed by atoms with Crippen LogP contribution < -0.4 is 4.90 Å². The average Bonchev–Trinajstić information content (AvgIpc) is 2.35. The van der Waals surface area contributed by atoms with Gasteiger partial charge in [0.1, 0.15) is 5.60 Å². The van der Waals surface area contributed by atoms with Gasteiger partial charge in [-0.2, -0.15) is 0 Å². The number of benzene rings is 1. The Morgan fingerprint density at radius 1 is 1.30 bits per heavy atom. The van der Waals surface area contributed by atoms with E-state index in [1.165, 1.54) is 4.90 Å². The fourth-order valence-corrected chi connectivity index (χ4v) is 2.33. The molecule has 1 aliphatic heterocycles. The standard InChI is InChI=1S/C15H19NO4/c1-15(2,3)20-14(19)16-9-8-11(13(17)18)10-6-4-5-7-12(10)16/h4-7,11H,8-9H2,1-3H3,(H,17,18)/t11-/m0/s1. The lowest BCUT2D eigenvalue weighted by Crippen LogP contribution is -2.41. The third-order valence-corrected chi connectivity index (χ3v) is 3.16. The number of para-hydroxylation sites is 1. The number of carboxylic acid groups (broad SMARTS) is 1. The molecule has 1 N–H and O–H groups in total. The largest absolute Gasteiger partial charge is 0.481 e. The smallest absolute Gasteiger partial charge is 0.414 e. The lowest BCUT2D eigenvalue weighted by Gasteiger charge is -2.33. The summed E-state index contributed by atoms with van der Waals surface area (Å²) >= 11 is 0. The summed E-state index contributed by atoms with van der Waals surface area (Å²) in [7, 11) is 0. The quantitative estimate of drug-likeness (QED) is 0.857. The molecule has 1 aromatic carbocycles. The predicted octanol–water partition coefficient (Wildman–Crippen LogP) is 3.00. The molecular weight excluding hydrogens is 258 g/mol. The van der Waals surface area contributed by atoms with Gasteiger partial charge in [-0.1, -0.05) is 18.2 Å². The van der Waals surface area contributed by atoms with Crippen LogP contribution in [0.3, 0.4) is 0 Å². The number of amides is 1. The number of hydrogen-bond acceptors (Lipinski definition) is 3. The number of carbonyl (C=O) groups excluding carboxylic acids is 1. The Kier molecular flexibility index (Phi) is 3.70.